The van der Waals surface area contributed by atoms with Crippen molar-refractivity contribution in [2.24, 2.45) is 5.73 Å². The summed E-state index contributed by atoms with van der Waals surface area (Å²) < 4.78 is 10.5. The van der Waals surface area contributed by atoms with Crippen molar-refractivity contribution < 1.29 is 9.47 Å². The summed E-state index contributed by atoms with van der Waals surface area (Å²) in [5.41, 5.74) is 7.47. The van der Waals surface area contributed by atoms with E-state index in [9.17, 15) is 0 Å². The van der Waals surface area contributed by atoms with Gasteiger partial charge in [0.25, 0.3) is 0 Å². The van der Waals surface area contributed by atoms with Gasteiger partial charge >= 0.3 is 0 Å². The first-order valence-corrected chi connectivity index (χ1v) is 6.76. The molecule has 0 spiro atoms. The molecule has 0 aliphatic carbocycles. The molecular formula is C14H22N2O2S. The van der Waals surface area contributed by atoms with Crippen LogP contribution in [0.25, 0.3) is 0 Å². The van der Waals surface area contributed by atoms with Crippen LogP contribution in [0.3, 0.4) is 0 Å². The van der Waals surface area contributed by atoms with Crippen LogP contribution in [0, 0.1) is 0 Å². The van der Waals surface area contributed by atoms with Crippen molar-refractivity contribution in [3.8, 4) is 5.75 Å². The summed E-state index contributed by atoms with van der Waals surface area (Å²) in [6.45, 7) is 2.78. The lowest BCUT2D eigenvalue weighted by molar-refractivity contribution is 0.182. The topological polar surface area (TPSA) is 56.5 Å². The number of methoxy groups -OCH3 is 2. The van der Waals surface area contributed by atoms with Gasteiger partial charge in [-0.05, 0) is 18.6 Å². The highest BCUT2D eigenvalue weighted by Crippen LogP contribution is 2.24. The molecule has 4 nitrogen and oxygen atoms in total. The van der Waals surface area contributed by atoms with Crippen LogP contribution in [0.1, 0.15) is 25.3 Å². The second-order valence-electron chi connectivity index (χ2n) is 4.36. The summed E-state index contributed by atoms with van der Waals surface area (Å²) in [5.74, 6) is 0.773. The zero-order valence-corrected chi connectivity index (χ0v) is 12.5. The zero-order valence-electron chi connectivity index (χ0n) is 11.7. The van der Waals surface area contributed by atoms with E-state index in [0.717, 1.165) is 29.8 Å². The summed E-state index contributed by atoms with van der Waals surface area (Å²) in [4.78, 5) is 0.373. The third-order valence-corrected chi connectivity index (χ3v) is 3.08. The van der Waals surface area contributed by atoms with Gasteiger partial charge in [-0.25, -0.2) is 0 Å². The summed E-state index contributed by atoms with van der Waals surface area (Å²) in [7, 11) is 3.34. The van der Waals surface area contributed by atoms with Gasteiger partial charge in [-0.2, -0.15) is 0 Å². The van der Waals surface area contributed by atoms with E-state index in [-0.39, 0.29) is 6.04 Å². The molecule has 0 aliphatic heterocycles. The molecule has 1 aromatic rings. The van der Waals surface area contributed by atoms with Gasteiger partial charge in [-0.15, -0.1) is 0 Å². The van der Waals surface area contributed by atoms with E-state index < -0.39 is 0 Å². The Hall–Kier alpha value is -1.33. The van der Waals surface area contributed by atoms with Crippen LogP contribution in [0.4, 0.5) is 5.69 Å². The number of thiocarbonyl (C=S) groups is 1. The number of rotatable bonds is 8. The summed E-state index contributed by atoms with van der Waals surface area (Å²) in [6, 6.07) is 5.87. The molecule has 0 saturated heterocycles. The molecule has 0 amide bonds. The van der Waals surface area contributed by atoms with Gasteiger partial charge in [0, 0.05) is 30.5 Å². The van der Waals surface area contributed by atoms with E-state index in [1.165, 1.54) is 0 Å². The van der Waals surface area contributed by atoms with Crippen LogP contribution in [0.5, 0.6) is 5.75 Å². The largest absolute Gasteiger partial charge is 0.497 e. The molecule has 0 aromatic heterocycles. The maximum absolute atomic E-state index is 5.75. The van der Waals surface area contributed by atoms with Crippen LogP contribution >= 0.6 is 12.2 Å². The standard InChI is InChI=1S/C14H22N2O2S/c1-4-5-10(9-17-2)16-13-8-11(18-3)6-7-12(13)14(15)19/h6-8,10,16H,4-5,9H2,1-3H3,(H2,15,19). The van der Waals surface area contributed by atoms with Gasteiger partial charge in [0.05, 0.1) is 13.7 Å². The van der Waals surface area contributed by atoms with Gasteiger partial charge in [-0.3, -0.25) is 0 Å². The predicted octanol–water partition coefficient (Wildman–Crippen LogP) is 2.56. The summed E-state index contributed by atoms with van der Waals surface area (Å²) >= 11 is 5.08. The quantitative estimate of drug-likeness (QED) is 0.718. The van der Waals surface area contributed by atoms with Crippen LogP contribution < -0.4 is 15.8 Å². The van der Waals surface area contributed by atoms with Crippen LogP contribution in [0.2, 0.25) is 0 Å². The van der Waals surface area contributed by atoms with Gasteiger partial charge in [-0.1, -0.05) is 25.6 Å². The fraction of sp³-hybridized carbons (Fsp3) is 0.500. The molecule has 1 atom stereocenters. The smallest absolute Gasteiger partial charge is 0.120 e. The average Bonchev–Trinajstić information content (AvgIpc) is 2.38. The molecule has 1 unspecified atom stereocenters. The van der Waals surface area contributed by atoms with Crippen molar-refractivity contribution in [2.75, 3.05) is 26.1 Å². The van der Waals surface area contributed by atoms with Crippen molar-refractivity contribution in [1.82, 2.24) is 0 Å². The van der Waals surface area contributed by atoms with Gasteiger partial charge in [0.1, 0.15) is 10.7 Å². The lowest BCUT2D eigenvalue weighted by atomic mass is 10.1. The molecule has 1 rings (SSSR count). The number of hydrogen-bond donors (Lipinski definition) is 2. The molecule has 0 fully saturated rings. The van der Waals surface area contributed by atoms with E-state index in [1.807, 2.05) is 18.2 Å². The van der Waals surface area contributed by atoms with E-state index in [0.29, 0.717) is 11.6 Å². The van der Waals surface area contributed by atoms with Crippen molar-refractivity contribution >= 4 is 22.9 Å². The number of anilines is 1. The fourth-order valence-corrected chi connectivity index (χ4v) is 2.13. The third kappa shape index (κ3) is 4.69. The van der Waals surface area contributed by atoms with Crippen molar-refractivity contribution in [2.45, 2.75) is 25.8 Å². The van der Waals surface area contributed by atoms with Crippen LogP contribution in [-0.2, 0) is 4.74 Å². The number of nitrogens with two attached hydrogens (primary N) is 1. The van der Waals surface area contributed by atoms with Gasteiger partial charge in [0.2, 0.25) is 0 Å². The molecule has 0 radical (unpaired) electrons. The fourth-order valence-electron chi connectivity index (χ4n) is 1.95. The highest BCUT2D eigenvalue weighted by atomic mass is 32.1. The molecule has 0 aliphatic rings. The Kier molecular flexibility index (Phi) is 6.59. The Labute approximate surface area is 120 Å². The maximum atomic E-state index is 5.75. The van der Waals surface area contributed by atoms with Crippen LogP contribution in [-0.4, -0.2) is 31.9 Å². The maximum Gasteiger partial charge on any atom is 0.120 e. The Balaban J connectivity index is 2.97. The zero-order chi connectivity index (χ0) is 14.3. The average molecular weight is 282 g/mol. The SMILES string of the molecule is CCCC(COC)Nc1cc(OC)ccc1C(N)=S. The Morgan fingerprint density at radius 3 is 2.68 bits per heavy atom. The highest BCUT2D eigenvalue weighted by molar-refractivity contribution is 7.80. The number of nitrogens with one attached hydrogen (secondary N) is 1. The molecule has 5 heteroatoms. The number of hydrogen-bond acceptors (Lipinski definition) is 4. The Morgan fingerprint density at radius 1 is 1.42 bits per heavy atom. The minimum Gasteiger partial charge on any atom is -0.497 e. The predicted molar refractivity (Wildman–Crippen MR) is 83.1 cm³/mol. The minimum atomic E-state index is 0.232. The molecule has 0 saturated carbocycles. The Bertz CT molecular complexity index is 418. The number of ether oxygens (including phenoxy) is 2. The third-order valence-electron chi connectivity index (χ3n) is 2.86. The highest BCUT2D eigenvalue weighted by Gasteiger charge is 2.12. The Morgan fingerprint density at radius 2 is 2.16 bits per heavy atom. The number of benzene rings is 1. The normalized spacial score (nSPS) is 11.9. The minimum absolute atomic E-state index is 0.232. The summed E-state index contributed by atoms with van der Waals surface area (Å²) in [5, 5.41) is 3.43. The molecule has 3 N–H and O–H groups in total. The molecule has 19 heavy (non-hydrogen) atoms. The lowest BCUT2D eigenvalue weighted by Gasteiger charge is -2.21. The molecular weight excluding hydrogens is 260 g/mol. The molecule has 0 heterocycles. The second kappa shape index (κ2) is 7.96. The first kappa shape index (κ1) is 15.7. The first-order valence-electron chi connectivity index (χ1n) is 6.35. The van der Waals surface area contributed by atoms with Crippen LogP contribution in [0.15, 0.2) is 18.2 Å². The first-order chi connectivity index (χ1) is 9.12. The van der Waals surface area contributed by atoms with E-state index >= 15 is 0 Å². The van der Waals surface area contributed by atoms with Gasteiger partial charge < -0.3 is 20.5 Å². The summed E-state index contributed by atoms with van der Waals surface area (Å²) in [6.07, 6.45) is 2.09. The van der Waals surface area contributed by atoms with E-state index in [1.54, 1.807) is 14.2 Å². The van der Waals surface area contributed by atoms with Crippen molar-refractivity contribution in [3.05, 3.63) is 23.8 Å². The monoisotopic (exact) mass is 282 g/mol. The molecule has 0 bridgehead atoms. The molecule has 106 valence electrons. The lowest BCUT2D eigenvalue weighted by Crippen LogP contribution is -2.26. The van der Waals surface area contributed by atoms with Gasteiger partial charge in [0.15, 0.2) is 0 Å². The second-order valence-corrected chi connectivity index (χ2v) is 4.80. The molecule has 1 aromatic carbocycles. The van der Waals surface area contributed by atoms with E-state index in [4.69, 9.17) is 27.4 Å². The van der Waals surface area contributed by atoms with E-state index in [2.05, 4.69) is 12.2 Å². The van der Waals surface area contributed by atoms with Crippen molar-refractivity contribution in [1.29, 1.82) is 0 Å². The van der Waals surface area contributed by atoms with Crippen molar-refractivity contribution in [3.63, 3.8) is 0 Å².